The van der Waals surface area contributed by atoms with Crippen molar-refractivity contribution in [2.45, 2.75) is 32.2 Å². The maximum Gasteiger partial charge on any atom is 0.332 e. The van der Waals surface area contributed by atoms with E-state index < -0.39 is 11.2 Å². The molecule has 1 aromatic heterocycles. The van der Waals surface area contributed by atoms with Crippen molar-refractivity contribution in [1.29, 1.82) is 5.26 Å². The zero-order valence-corrected chi connectivity index (χ0v) is 14.2. The molecule has 0 amide bonds. The first-order chi connectivity index (χ1) is 10.3. The number of likely N-dealkylation sites (N-methyl/N-ethyl adjacent to an activating group) is 1. The van der Waals surface area contributed by atoms with Crippen molar-refractivity contribution >= 4 is 5.82 Å². The first kappa shape index (κ1) is 18.0. The summed E-state index contributed by atoms with van der Waals surface area (Å²) < 4.78 is 2.26. The Labute approximate surface area is 130 Å². The van der Waals surface area contributed by atoms with Crippen LogP contribution in [0.5, 0.6) is 0 Å². The summed E-state index contributed by atoms with van der Waals surface area (Å²) in [7, 11) is 6.93. The Balaban J connectivity index is 3.34. The molecule has 7 nitrogen and oxygen atoms in total. The number of nitrogens with one attached hydrogen (secondary N) is 1. The highest BCUT2D eigenvalue weighted by molar-refractivity contribution is 5.51. The summed E-state index contributed by atoms with van der Waals surface area (Å²) in [4.78, 5) is 26.2. The molecule has 0 aromatic carbocycles. The molecule has 1 aromatic rings. The van der Waals surface area contributed by atoms with Crippen molar-refractivity contribution < 1.29 is 0 Å². The van der Waals surface area contributed by atoms with Crippen molar-refractivity contribution in [2.75, 3.05) is 26.0 Å². The molecule has 0 aliphatic rings. The third-order valence-electron chi connectivity index (χ3n) is 4.63. The number of nitrogens with zero attached hydrogens (tertiary/aromatic N) is 4. The SMILES string of the molecule is CCC(CC)(CNc1c(C#N)c(=O)n(C)c(=O)n1C)N(C)C. The molecule has 0 atom stereocenters. The van der Waals surface area contributed by atoms with Gasteiger partial charge in [0.1, 0.15) is 11.9 Å². The van der Waals surface area contributed by atoms with Crippen LogP contribution in [0.25, 0.3) is 0 Å². The van der Waals surface area contributed by atoms with Crippen LogP contribution >= 0.6 is 0 Å². The summed E-state index contributed by atoms with van der Waals surface area (Å²) in [6, 6.07) is 1.91. The van der Waals surface area contributed by atoms with E-state index in [0.29, 0.717) is 6.54 Å². The van der Waals surface area contributed by atoms with E-state index in [1.807, 2.05) is 20.2 Å². The summed E-state index contributed by atoms with van der Waals surface area (Å²) in [5.41, 5.74) is -1.17. The minimum atomic E-state index is -0.573. The van der Waals surface area contributed by atoms with Gasteiger partial charge < -0.3 is 10.2 Å². The van der Waals surface area contributed by atoms with Gasteiger partial charge in [0.2, 0.25) is 0 Å². The van der Waals surface area contributed by atoms with Gasteiger partial charge in [-0.15, -0.1) is 0 Å². The largest absolute Gasteiger partial charge is 0.368 e. The van der Waals surface area contributed by atoms with E-state index in [2.05, 4.69) is 24.1 Å². The summed E-state index contributed by atoms with van der Waals surface area (Å²) in [6.45, 7) is 4.74. The highest BCUT2D eigenvalue weighted by Crippen LogP contribution is 2.22. The van der Waals surface area contributed by atoms with E-state index >= 15 is 0 Å². The predicted molar refractivity (Wildman–Crippen MR) is 87.1 cm³/mol. The molecule has 0 aliphatic carbocycles. The fourth-order valence-electron chi connectivity index (χ4n) is 2.69. The number of anilines is 1. The zero-order chi connectivity index (χ0) is 17.1. The minimum Gasteiger partial charge on any atom is -0.368 e. The molecule has 0 saturated heterocycles. The molecular weight excluding hydrogens is 282 g/mol. The van der Waals surface area contributed by atoms with E-state index in [1.165, 1.54) is 11.6 Å². The quantitative estimate of drug-likeness (QED) is 0.827. The molecular formula is C15H25N5O2. The van der Waals surface area contributed by atoms with Gasteiger partial charge in [0, 0.05) is 26.2 Å². The van der Waals surface area contributed by atoms with E-state index in [-0.39, 0.29) is 16.9 Å². The molecule has 122 valence electrons. The summed E-state index contributed by atoms with van der Waals surface area (Å²) in [5.74, 6) is 0.281. The van der Waals surface area contributed by atoms with Gasteiger partial charge in [-0.25, -0.2) is 4.79 Å². The number of hydrogen-bond acceptors (Lipinski definition) is 5. The van der Waals surface area contributed by atoms with E-state index in [0.717, 1.165) is 17.4 Å². The lowest BCUT2D eigenvalue weighted by molar-refractivity contribution is 0.153. The Morgan fingerprint density at radius 1 is 1.18 bits per heavy atom. The third-order valence-corrected chi connectivity index (χ3v) is 4.63. The molecule has 22 heavy (non-hydrogen) atoms. The number of hydrogen-bond donors (Lipinski definition) is 1. The smallest absolute Gasteiger partial charge is 0.332 e. The molecule has 0 radical (unpaired) electrons. The second-order valence-electron chi connectivity index (χ2n) is 5.72. The van der Waals surface area contributed by atoms with Gasteiger partial charge in [-0.3, -0.25) is 13.9 Å². The first-order valence-electron chi connectivity index (χ1n) is 7.37. The Bertz CT molecular complexity index is 690. The van der Waals surface area contributed by atoms with Crippen molar-refractivity contribution in [2.24, 2.45) is 14.1 Å². The number of nitriles is 1. The Kier molecular flexibility index (Phi) is 5.55. The molecule has 0 fully saturated rings. The lowest BCUT2D eigenvalue weighted by Crippen LogP contribution is -2.49. The molecule has 1 rings (SSSR count). The van der Waals surface area contributed by atoms with Crippen LogP contribution in [0, 0.1) is 11.3 Å². The van der Waals surface area contributed by atoms with Crippen LogP contribution in [0.4, 0.5) is 5.82 Å². The second-order valence-corrected chi connectivity index (χ2v) is 5.72. The Morgan fingerprint density at radius 2 is 1.73 bits per heavy atom. The highest BCUT2D eigenvalue weighted by Gasteiger charge is 2.29. The Morgan fingerprint density at radius 3 is 2.14 bits per heavy atom. The first-order valence-corrected chi connectivity index (χ1v) is 7.37. The fourth-order valence-corrected chi connectivity index (χ4v) is 2.69. The molecule has 0 unspecified atom stereocenters. The lowest BCUT2D eigenvalue weighted by Gasteiger charge is -2.39. The predicted octanol–water partition coefficient (Wildman–Crippen LogP) is 0.488. The van der Waals surface area contributed by atoms with Crippen LogP contribution in [0.1, 0.15) is 32.3 Å². The van der Waals surface area contributed by atoms with Gasteiger partial charge in [-0.2, -0.15) is 5.26 Å². The highest BCUT2D eigenvalue weighted by atomic mass is 16.2. The van der Waals surface area contributed by atoms with E-state index in [1.54, 1.807) is 7.05 Å². The van der Waals surface area contributed by atoms with E-state index in [4.69, 9.17) is 0 Å². The van der Waals surface area contributed by atoms with Crippen LogP contribution in [0.15, 0.2) is 9.59 Å². The molecule has 1 N–H and O–H groups in total. The topological polar surface area (TPSA) is 83.1 Å². The van der Waals surface area contributed by atoms with Crippen LogP contribution < -0.4 is 16.6 Å². The second kappa shape index (κ2) is 6.79. The lowest BCUT2D eigenvalue weighted by atomic mass is 9.91. The number of rotatable bonds is 6. The van der Waals surface area contributed by atoms with Gasteiger partial charge in [-0.05, 0) is 26.9 Å². The van der Waals surface area contributed by atoms with Gasteiger partial charge in [0.15, 0.2) is 5.56 Å². The molecule has 0 saturated carbocycles. The third kappa shape index (κ3) is 2.92. The van der Waals surface area contributed by atoms with Gasteiger partial charge >= 0.3 is 5.69 Å². The van der Waals surface area contributed by atoms with Crippen LogP contribution in [-0.2, 0) is 14.1 Å². The molecule has 0 spiro atoms. The van der Waals surface area contributed by atoms with Crippen molar-refractivity contribution in [3.05, 3.63) is 26.4 Å². The maximum atomic E-state index is 12.1. The van der Waals surface area contributed by atoms with Gasteiger partial charge in [0.05, 0.1) is 0 Å². The summed E-state index contributed by atoms with van der Waals surface area (Å²) >= 11 is 0. The van der Waals surface area contributed by atoms with Gasteiger partial charge in [0.25, 0.3) is 5.56 Å². The zero-order valence-electron chi connectivity index (χ0n) is 14.2. The maximum absolute atomic E-state index is 12.1. The fraction of sp³-hybridized carbons (Fsp3) is 0.667. The van der Waals surface area contributed by atoms with Crippen molar-refractivity contribution in [3.63, 3.8) is 0 Å². The van der Waals surface area contributed by atoms with E-state index in [9.17, 15) is 14.9 Å². The van der Waals surface area contributed by atoms with Crippen molar-refractivity contribution in [1.82, 2.24) is 14.0 Å². The van der Waals surface area contributed by atoms with Crippen molar-refractivity contribution in [3.8, 4) is 6.07 Å². The Hall–Kier alpha value is -2.07. The molecule has 7 heteroatoms. The normalized spacial score (nSPS) is 11.5. The van der Waals surface area contributed by atoms with Gasteiger partial charge in [-0.1, -0.05) is 13.8 Å². The average Bonchev–Trinajstić information content (AvgIpc) is 2.51. The monoisotopic (exact) mass is 307 g/mol. The average molecular weight is 307 g/mol. The van der Waals surface area contributed by atoms with Crippen LogP contribution in [0.3, 0.4) is 0 Å². The number of aromatic nitrogens is 2. The summed E-state index contributed by atoms with van der Waals surface area (Å²) in [5, 5.41) is 12.4. The van der Waals surface area contributed by atoms with Crippen LogP contribution in [-0.4, -0.2) is 40.2 Å². The molecule has 1 heterocycles. The van der Waals surface area contributed by atoms with Crippen LogP contribution in [0.2, 0.25) is 0 Å². The standard InChI is InChI=1S/C15H25N5O2/c1-7-15(8-2,18(3)4)10-17-12-11(9-16)13(21)20(6)14(22)19(12)5/h17H,7-8,10H2,1-6H3. The minimum absolute atomic E-state index is 0.0375. The molecule has 0 aliphatic heterocycles. The molecule has 0 bridgehead atoms. The summed E-state index contributed by atoms with van der Waals surface area (Å²) in [6.07, 6.45) is 1.81.